The molecule has 0 spiro atoms. The van der Waals surface area contributed by atoms with Gasteiger partial charge in [-0.1, -0.05) is 20.8 Å². The molecule has 0 amide bonds. The average molecular weight is 207 g/mol. The van der Waals surface area contributed by atoms with Crippen LogP contribution in [-0.4, -0.2) is 13.2 Å². The normalized spacial score (nSPS) is 10.4. The van der Waals surface area contributed by atoms with E-state index >= 15 is 0 Å². The molecule has 2 heteroatoms. The molecule has 0 aromatic heterocycles. The lowest BCUT2D eigenvalue weighted by molar-refractivity contribution is 0.317. The highest BCUT2D eigenvalue weighted by atomic mass is 16.5. The molecular formula is C13H21NO. The van der Waals surface area contributed by atoms with Gasteiger partial charge in [0.2, 0.25) is 0 Å². The maximum absolute atomic E-state index is 5.51. The fraction of sp³-hybridized carbons (Fsp3) is 0.538. The van der Waals surface area contributed by atoms with Crippen LogP contribution in [0.5, 0.6) is 5.75 Å². The topological polar surface area (TPSA) is 21.3 Å². The van der Waals surface area contributed by atoms with E-state index in [4.69, 9.17) is 4.74 Å². The van der Waals surface area contributed by atoms with Gasteiger partial charge in [-0.3, -0.25) is 0 Å². The summed E-state index contributed by atoms with van der Waals surface area (Å²) in [7, 11) is 0. The summed E-state index contributed by atoms with van der Waals surface area (Å²) in [5.41, 5.74) is 1.16. The lowest BCUT2D eigenvalue weighted by atomic mass is 10.2. The maximum Gasteiger partial charge on any atom is 0.119 e. The SMILES string of the molecule is CCCOc1ccc(NCC(C)C)cc1. The average Bonchev–Trinajstić information content (AvgIpc) is 2.25. The van der Waals surface area contributed by atoms with Crippen molar-refractivity contribution in [1.82, 2.24) is 0 Å². The molecule has 1 aromatic rings. The monoisotopic (exact) mass is 207 g/mol. The third-order valence-corrected chi connectivity index (χ3v) is 2.04. The van der Waals surface area contributed by atoms with Crippen molar-refractivity contribution in [3.05, 3.63) is 24.3 Å². The third-order valence-electron chi connectivity index (χ3n) is 2.04. The Bertz CT molecular complexity index is 266. The second-order valence-corrected chi connectivity index (χ2v) is 4.15. The van der Waals surface area contributed by atoms with E-state index in [-0.39, 0.29) is 0 Å². The van der Waals surface area contributed by atoms with Crippen LogP contribution in [0.4, 0.5) is 5.69 Å². The summed E-state index contributed by atoms with van der Waals surface area (Å²) < 4.78 is 5.51. The minimum Gasteiger partial charge on any atom is -0.494 e. The molecule has 1 rings (SSSR count). The molecule has 1 N–H and O–H groups in total. The van der Waals surface area contributed by atoms with Crippen molar-refractivity contribution in [2.45, 2.75) is 27.2 Å². The molecule has 0 fully saturated rings. The van der Waals surface area contributed by atoms with Gasteiger partial charge in [-0.25, -0.2) is 0 Å². The van der Waals surface area contributed by atoms with Gasteiger partial charge in [0.25, 0.3) is 0 Å². The molecule has 0 radical (unpaired) electrons. The molecule has 0 aliphatic carbocycles. The standard InChI is InChI=1S/C13H21NO/c1-4-9-15-13-7-5-12(6-8-13)14-10-11(2)3/h5-8,11,14H,4,9-10H2,1-3H3. The number of rotatable bonds is 6. The van der Waals surface area contributed by atoms with E-state index in [1.165, 1.54) is 0 Å². The second kappa shape index (κ2) is 6.33. The van der Waals surface area contributed by atoms with Gasteiger partial charge < -0.3 is 10.1 Å². The lowest BCUT2D eigenvalue weighted by Crippen LogP contribution is -2.07. The number of ether oxygens (including phenoxy) is 1. The van der Waals surface area contributed by atoms with Crippen LogP contribution in [0.15, 0.2) is 24.3 Å². The van der Waals surface area contributed by atoms with Gasteiger partial charge >= 0.3 is 0 Å². The first-order chi connectivity index (χ1) is 7.22. The van der Waals surface area contributed by atoms with Gasteiger partial charge in [0.05, 0.1) is 6.61 Å². The van der Waals surface area contributed by atoms with Gasteiger partial charge in [-0.2, -0.15) is 0 Å². The number of nitrogens with one attached hydrogen (secondary N) is 1. The van der Waals surface area contributed by atoms with E-state index in [1.807, 2.05) is 12.1 Å². The molecule has 0 bridgehead atoms. The maximum atomic E-state index is 5.51. The highest BCUT2D eigenvalue weighted by molar-refractivity contribution is 5.46. The summed E-state index contributed by atoms with van der Waals surface area (Å²) in [5, 5.41) is 3.37. The zero-order valence-corrected chi connectivity index (χ0v) is 9.92. The number of benzene rings is 1. The molecule has 2 nitrogen and oxygen atoms in total. The van der Waals surface area contributed by atoms with Crippen LogP contribution in [0.3, 0.4) is 0 Å². The van der Waals surface area contributed by atoms with Crippen LogP contribution in [0.25, 0.3) is 0 Å². The van der Waals surface area contributed by atoms with E-state index in [9.17, 15) is 0 Å². The van der Waals surface area contributed by atoms with E-state index in [1.54, 1.807) is 0 Å². The molecule has 84 valence electrons. The first kappa shape index (κ1) is 11.9. The lowest BCUT2D eigenvalue weighted by Gasteiger charge is -2.10. The first-order valence-electron chi connectivity index (χ1n) is 5.69. The molecule has 0 saturated heterocycles. The Morgan fingerprint density at radius 3 is 2.40 bits per heavy atom. The minimum absolute atomic E-state index is 0.668. The van der Waals surface area contributed by atoms with Gasteiger partial charge in [0, 0.05) is 12.2 Å². The first-order valence-corrected chi connectivity index (χ1v) is 5.69. The fourth-order valence-electron chi connectivity index (χ4n) is 1.21. The van der Waals surface area contributed by atoms with Crippen molar-refractivity contribution >= 4 is 5.69 Å². The van der Waals surface area contributed by atoms with E-state index < -0.39 is 0 Å². The minimum atomic E-state index is 0.668. The van der Waals surface area contributed by atoms with E-state index in [2.05, 4.69) is 38.2 Å². The predicted molar refractivity (Wildman–Crippen MR) is 65.6 cm³/mol. The Morgan fingerprint density at radius 2 is 1.87 bits per heavy atom. The highest BCUT2D eigenvalue weighted by Gasteiger charge is 1.96. The summed E-state index contributed by atoms with van der Waals surface area (Å²) in [6, 6.07) is 8.15. The molecule has 0 unspecified atom stereocenters. The van der Waals surface area contributed by atoms with Gasteiger partial charge in [-0.15, -0.1) is 0 Å². The van der Waals surface area contributed by atoms with Crippen molar-refractivity contribution < 1.29 is 4.74 Å². The molecule has 0 aliphatic rings. The quantitative estimate of drug-likeness (QED) is 0.770. The third kappa shape index (κ3) is 4.73. The Balaban J connectivity index is 2.41. The zero-order chi connectivity index (χ0) is 11.1. The second-order valence-electron chi connectivity index (χ2n) is 4.15. The Labute approximate surface area is 92.6 Å². The fourth-order valence-corrected chi connectivity index (χ4v) is 1.21. The van der Waals surface area contributed by atoms with Crippen molar-refractivity contribution in [3.8, 4) is 5.75 Å². The predicted octanol–water partition coefficient (Wildman–Crippen LogP) is 3.54. The van der Waals surface area contributed by atoms with E-state index in [0.717, 1.165) is 31.0 Å². The summed E-state index contributed by atoms with van der Waals surface area (Å²) in [5.74, 6) is 1.62. The van der Waals surface area contributed by atoms with Gasteiger partial charge in [-0.05, 0) is 36.6 Å². The molecule has 0 atom stereocenters. The number of hydrogen-bond acceptors (Lipinski definition) is 2. The van der Waals surface area contributed by atoms with E-state index in [0.29, 0.717) is 5.92 Å². The van der Waals surface area contributed by atoms with Crippen LogP contribution >= 0.6 is 0 Å². The Morgan fingerprint density at radius 1 is 1.20 bits per heavy atom. The molecule has 0 saturated carbocycles. The summed E-state index contributed by atoms with van der Waals surface area (Å²) in [4.78, 5) is 0. The molecule has 0 heterocycles. The molecule has 0 aliphatic heterocycles. The van der Waals surface area contributed by atoms with Crippen molar-refractivity contribution in [3.63, 3.8) is 0 Å². The van der Waals surface area contributed by atoms with Gasteiger partial charge in [0.15, 0.2) is 0 Å². The van der Waals surface area contributed by atoms with Crippen LogP contribution in [0.1, 0.15) is 27.2 Å². The van der Waals surface area contributed by atoms with Crippen molar-refractivity contribution in [2.75, 3.05) is 18.5 Å². The summed E-state index contributed by atoms with van der Waals surface area (Å²) in [6.07, 6.45) is 1.05. The van der Waals surface area contributed by atoms with Crippen LogP contribution in [0.2, 0.25) is 0 Å². The molecular weight excluding hydrogens is 186 g/mol. The molecule has 1 aromatic carbocycles. The molecule has 15 heavy (non-hydrogen) atoms. The number of hydrogen-bond donors (Lipinski definition) is 1. The van der Waals surface area contributed by atoms with Crippen molar-refractivity contribution in [1.29, 1.82) is 0 Å². The largest absolute Gasteiger partial charge is 0.494 e. The number of anilines is 1. The highest BCUT2D eigenvalue weighted by Crippen LogP contribution is 2.16. The van der Waals surface area contributed by atoms with Crippen molar-refractivity contribution in [2.24, 2.45) is 5.92 Å². The zero-order valence-electron chi connectivity index (χ0n) is 9.92. The van der Waals surface area contributed by atoms with Crippen LogP contribution in [-0.2, 0) is 0 Å². The van der Waals surface area contributed by atoms with Gasteiger partial charge in [0.1, 0.15) is 5.75 Å². The summed E-state index contributed by atoms with van der Waals surface area (Å²) in [6.45, 7) is 8.31. The smallest absolute Gasteiger partial charge is 0.119 e. The summed E-state index contributed by atoms with van der Waals surface area (Å²) >= 11 is 0. The Hall–Kier alpha value is -1.18. The van der Waals surface area contributed by atoms with Crippen LogP contribution < -0.4 is 10.1 Å². The van der Waals surface area contributed by atoms with Crippen LogP contribution in [0, 0.1) is 5.92 Å². The Kier molecular flexibility index (Phi) is 5.02.